The quantitative estimate of drug-likeness (QED) is 0.261. The standard InChI is InChI=1S/HO3S.2Zn/c1-4(2)3;;/h(H,1,2,3);;/q-1;;. The van der Waals surface area contributed by atoms with Gasteiger partial charge in [0.25, 0.3) is 0 Å². The molecule has 0 saturated heterocycles. The molecule has 0 aromatic carbocycles. The Bertz CT molecular complexity index is 57.2. The summed E-state index contributed by atoms with van der Waals surface area (Å²) in [6.07, 6.45) is 0. The van der Waals surface area contributed by atoms with Gasteiger partial charge in [-0.25, -0.2) is 0 Å². The Hall–Kier alpha value is 1.16. The van der Waals surface area contributed by atoms with Crippen molar-refractivity contribution in [1.82, 2.24) is 0 Å². The van der Waals surface area contributed by atoms with E-state index in [2.05, 4.69) is 0 Å². The van der Waals surface area contributed by atoms with Crippen LogP contribution in [-0.2, 0) is 58.4 Å². The maximum Gasteiger partial charge on any atom is 0.0495 e. The van der Waals surface area contributed by atoms with Crippen molar-refractivity contribution in [3.8, 4) is 0 Å². The predicted molar refractivity (Wildman–Crippen MR) is 11.4 cm³/mol. The fraction of sp³-hybridized carbons (Fsp3) is 0. The second-order valence-electron chi connectivity index (χ2n) is 0.217. The summed E-state index contributed by atoms with van der Waals surface area (Å²) in [7, 11) is -2.86. The molecule has 30 valence electrons. The van der Waals surface area contributed by atoms with E-state index in [9.17, 15) is 0 Å². The van der Waals surface area contributed by atoms with Crippen LogP contribution in [0.3, 0.4) is 0 Å². The molecular weight excluding hydrogens is 211 g/mol. The van der Waals surface area contributed by atoms with Crippen molar-refractivity contribution in [2.75, 3.05) is 0 Å². The molecule has 6 heavy (non-hydrogen) atoms. The van der Waals surface area contributed by atoms with Gasteiger partial charge in [0.15, 0.2) is 0 Å². The molecule has 0 atom stereocenters. The summed E-state index contributed by atoms with van der Waals surface area (Å²) >= 11 is 0. The van der Waals surface area contributed by atoms with Gasteiger partial charge >= 0.3 is 0 Å². The minimum absolute atomic E-state index is 0. The van der Waals surface area contributed by atoms with E-state index in [-0.39, 0.29) is 39.0 Å². The maximum atomic E-state index is 8.56. The van der Waals surface area contributed by atoms with Gasteiger partial charge in [0.2, 0.25) is 0 Å². The largest absolute Gasteiger partial charge is 0.439 e. The molecule has 0 radical (unpaired) electrons. The molecule has 0 unspecified atom stereocenters. The number of rotatable bonds is 0. The van der Waals surface area contributed by atoms with Crippen molar-refractivity contribution in [3.63, 3.8) is 0 Å². The zero-order valence-corrected chi connectivity index (χ0v) is 9.84. The summed E-state index contributed by atoms with van der Waals surface area (Å²) < 4.78 is 24.1. The second kappa shape index (κ2) is 9.48. The van der Waals surface area contributed by atoms with Crippen LogP contribution in [0.15, 0.2) is 0 Å². The van der Waals surface area contributed by atoms with Crippen molar-refractivity contribution in [2.45, 2.75) is 0 Å². The van der Waals surface area contributed by atoms with E-state index in [4.69, 9.17) is 13.0 Å². The van der Waals surface area contributed by atoms with E-state index in [0.717, 1.165) is 0 Å². The van der Waals surface area contributed by atoms with E-state index in [1.165, 1.54) is 0 Å². The summed E-state index contributed by atoms with van der Waals surface area (Å²) in [6, 6.07) is 0. The van der Waals surface area contributed by atoms with Crippen molar-refractivity contribution >= 4 is 11.0 Å². The van der Waals surface area contributed by atoms with E-state index in [1.54, 1.807) is 0 Å². The van der Waals surface area contributed by atoms with Crippen molar-refractivity contribution in [2.24, 2.45) is 0 Å². The van der Waals surface area contributed by atoms with E-state index < -0.39 is 11.0 Å². The van der Waals surface area contributed by atoms with Gasteiger partial charge in [0.1, 0.15) is 0 Å². The Morgan fingerprint density at radius 3 is 1.17 bits per heavy atom. The molecule has 1 N–H and O–H groups in total. The molecule has 0 aliphatic rings. The molecule has 0 aromatic rings. The summed E-state index contributed by atoms with van der Waals surface area (Å²) in [4.78, 5) is 0. The smallest absolute Gasteiger partial charge is 0.0495 e. The van der Waals surface area contributed by atoms with Gasteiger partial charge in [-0.05, 0) is 0 Å². The van der Waals surface area contributed by atoms with Crippen LogP contribution in [0.1, 0.15) is 0 Å². The molecule has 0 aliphatic heterocycles. The first-order chi connectivity index (χ1) is 1.73. The molecule has 0 amide bonds. The van der Waals surface area contributed by atoms with Crippen molar-refractivity contribution < 1.29 is 51.9 Å². The minimum atomic E-state index is -2.86. The fourth-order valence-corrected chi connectivity index (χ4v) is 0. The molecule has 0 spiro atoms. The third-order valence-electron chi connectivity index (χ3n) is 0. The van der Waals surface area contributed by atoms with Gasteiger partial charge in [-0.1, -0.05) is 0 Å². The van der Waals surface area contributed by atoms with Crippen LogP contribution in [-0.4, -0.2) is 4.55 Å². The molecule has 0 heterocycles. The van der Waals surface area contributed by atoms with Crippen LogP contribution in [0.4, 0.5) is 0 Å². The molecule has 0 bridgehead atoms. The molecular formula is HO3SZn2-. The Morgan fingerprint density at radius 1 is 1.17 bits per heavy atom. The molecule has 0 rings (SSSR count). The van der Waals surface area contributed by atoms with Crippen LogP contribution in [0, 0.1) is 0 Å². The average Bonchev–Trinajstić information content (AvgIpc) is 0.811. The molecule has 0 fully saturated rings. The molecule has 0 aromatic heterocycles. The van der Waals surface area contributed by atoms with Crippen LogP contribution >= 0.6 is 0 Å². The number of hydrogen-bond acceptors (Lipinski definition) is 3. The maximum absolute atomic E-state index is 8.56. The zero-order valence-electron chi connectivity index (χ0n) is 3.09. The summed E-state index contributed by atoms with van der Waals surface area (Å²) in [5, 5.41) is 0. The predicted octanol–water partition coefficient (Wildman–Crippen LogP) is -0.236. The van der Waals surface area contributed by atoms with Crippen molar-refractivity contribution in [1.29, 1.82) is 0 Å². The molecule has 3 nitrogen and oxygen atoms in total. The van der Waals surface area contributed by atoms with Gasteiger partial charge in [-0.15, -0.1) is 0 Å². The van der Waals surface area contributed by atoms with E-state index in [0.29, 0.717) is 0 Å². The Balaban J connectivity index is -0.0000000450. The summed E-state index contributed by atoms with van der Waals surface area (Å²) in [5.41, 5.74) is 0. The van der Waals surface area contributed by atoms with E-state index in [1.807, 2.05) is 0 Å². The second-order valence-corrected chi connectivity index (χ2v) is 0.651. The van der Waals surface area contributed by atoms with Crippen molar-refractivity contribution in [3.05, 3.63) is 0 Å². The fourth-order valence-electron chi connectivity index (χ4n) is 0. The first-order valence-corrected chi connectivity index (χ1v) is 1.55. The molecule has 0 saturated carbocycles. The first kappa shape index (κ1) is 15.7. The van der Waals surface area contributed by atoms with Gasteiger partial charge < -0.3 is 13.0 Å². The number of hydrogen-bond donors (Lipinski definition) is 1. The molecule has 0 aliphatic carbocycles. The Kier molecular flexibility index (Phi) is 24.8. The molecule has 6 heteroatoms. The van der Waals surface area contributed by atoms with Gasteiger partial charge in [0.05, 0.1) is 0 Å². The third-order valence-corrected chi connectivity index (χ3v) is 0. The topological polar surface area (TPSA) is 54.4 Å². The third kappa shape index (κ3) is 66.6. The Morgan fingerprint density at radius 2 is 1.17 bits per heavy atom. The Labute approximate surface area is 62.8 Å². The summed E-state index contributed by atoms with van der Waals surface area (Å²) in [6.45, 7) is 0. The summed E-state index contributed by atoms with van der Waals surface area (Å²) in [5.74, 6) is 0. The van der Waals surface area contributed by atoms with Crippen LogP contribution in [0.25, 0.3) is 0 Å². The zero-order chi connectivity index (χ0) is 3.58. The monoisotopic (exact) mass is 209 g/mol. The van der Waals surface area contributed by atoms with Crippen LogP contribution in [0.5, 0.6) is 0 Å². The van der Waals surface area contributed by atoms with Crippen LogP contribution < -0.4 is 0 Å². The first-order valence-electron chi connectivity index (χ1n) is 0.516. The van der Waals surface area contributed by atoms with Gasteiger partial charge in [0, 0.05) is 49.9 Å². The van der Waals surface area contributed by atoms with Gasteiger partial charge in [-0.2, -0.15) is 0 Å². The minimum Gasteiger partial charge on any atom is -0.439 e. The SMILES string of the molecule is O=[S-](=O)O.[Zn].[Zn]. The average molecular weight is 212 g/mol. The normalized spacial score (nSPS) is 5.67. The van der Waals surface area contributed by atoms with E-state index >= 15 is 0 Å². The van der Waals surface area contributed by atoms with Crippen LogP contribution in [0.2, 0.25) is 0 Å². The van der Waals surface area contributed by atoms with Gasteiger partial charge in [-0.3, -0.25) is 0 Å².